The van der Waals surface area contributed by atoms with Crippen LogP contribution in [-0.2, 0) is 27.7 Å². The van der Waals surface area contributed by atoms with Crippen LogP contribution in [0.25, 0.3) is 11.0 Å². The number of piperidine rings is 1. The lowest BCUT2D eigenvalue weighted by Crippen LogP contribution is -2.41. The summed E-state index contributed by atoms with van der Waals surface area (Å²) in [5, 5.41) is 14.3. The van der Waals surface area contributed by atoms with Crippen molar-refractivity contribution in [2.75, 3.05) is 36.5 Å². The van der Waals surface area contributed by atoms with Crippen LogP contribution in [-0.4, -0.2) is 59.0 Å². The highest BCUT2D eigenvalue weighted by Gasteiger charge is 2.43. The zero-order chi connectivity index (χ0) is 32.5. The van der Waals surface area contributed by atoms with E-state index in [0.29, 0.717) is 61.3 Å². The van der Waals surface area contributed by atoms with E-state index >= 15 is 8.78 Å². The number of aryl methyl sites for hydroxylation is 1. The normalized spacial score (nSPS) is 26.8. The van der Waals surface area contributed by atoms with Crippen molar-refractivity contribution in [1.82, 2.24) is 19.4 Å². The second-order valence-corrected chi connectivity index (χ2v) is 15.3. The lowest BCUT2D eigenvalue weighted by molar-refractivity contribution is -0.0847. The lowest BCUT2D eigenvalue weighted by atomic mass is 9.77. The highest BCUT2D eigenvalue weighted by molar-refractivity contribution is 7.91. The Hall–Kier alpha value is -3.69. The molecule has 1 aromatic carbocycles. The first-order valence-electron chi connectivity index (χ1n) is 16.2. The maximum Gasteiger partial charge on any atom is 0.276 e. The maximum absolute atomic E-state index is 15.9. The summed E-state index contributed by atoms with van der Waals surface area (Å²) in [5.41, 5.74) is -0.306. The molecule has 9 nitrogen and oxygen atoms in total. The van der Waals surface area contributed by atoms with E-state index in [1.807, 2.05) is 6.92 Å². The summed E-state index contributed by atoms with van der Waals surface area (Å²) >= 11 is 0. The molecule has 3 aromatic rings. The van der Waals surface area contributed by atoms with Crippen molar-refractivity contribution < 1.29 is 17.2 Å². The van der Waals surface area contributed by atoms with Crippen LogP contribution in [0.2, 0.25) is 0 Å². The first-order chi connectivity index (χ1) is 22.0. The van der Waals surface area contributed by atoms with Gasteiger partial charge in [0.05, 0.1) is 28.4 Å². The summed E-state index contributed by atoms with van der Waals surface area (Å²) in [7, 11) is -3.29. The molecule has 0 aliphatic carbocycles. The number of hydrogen-bond acceptors (Lipinski definition) is 8. The summed E-state index contributed by atoms with van der Waals surface area (Å²) < 4.78 is 57.9. The molecule has 1 N–H and O–H groups in total. The van der Waals surface area contributed by atoms with Crippen molar-refractivity contribution in [3.63, 3.8) is 0 Å². The van der Waals surface area contributed by atoms with Gasteiger partial charge in [-0.25, -0.2) is 27.2 Å². The standard InChI is InChI=1S/C34H40F2N6O3S/c1-24-25-8-7-9-27(20-25)34(35,36)26-10-16-41(17-11-26)14-5-3-2-4-6-15-42-31-28(30(40-24)38-23-39-31)21-29(32(42)43)33(22-37)12-18-46(44,45)19-13-33/h3,5,7-9,20-21,23-24,26H,2,4,6,10-19H2,1H3,(H,38,39,40)/b5-3+/t24-/m1/s1. The number of benzene rings is 1. The average molecular weight is 651 g/mol. The Bertz CT molecular complexity index is 1830. The van der Waals surface area contributed by atoms with E-state index in [1.165, 1.54) is 12.4 Å². The highest BCUT2D eigenvalue weighted by Crippen LogP contribution is 2.42. The third kappa shape index (κ3) is 6.32. The van der Waals surface area contributed by atoms with E-state index in [0.717, 1.165) is 19.4 Å². The van der Waals surface area contributed by atoms with Crippen LogP contribution in [0, 0.1) is 17.2 Å². The second-order valence-electron chi connectivity index (χ2n) is 13.0. The number of hydrogen-bond donors (Lipinski definition) is 1. The van der Waals surface area contributed by atoms with Gasteiger partial charge in [0.1, 0.15) is 27.6 Å². The highest BCUT2D eigenvalue weighted by atomic mass is 32.2. The Morgan fingerprint density at radius 2 is 1.80 bits per heavy atom. The third-order valence-corrected chi connectivity index (χ3v) is 11.7. The molecular weight excluding hydrogens is 610 g/mol. The van der Waals surface area contributed by atoms with E-state index in [-0.39, 0.29) is 41.0 Å². The summed E-state index contributed by atoms with van der Waals surface area (Å²) in [4.78, 5) is 25.3. The summed E-state index contributed by atoms with van der Waals surface area (Å²) in [6.45, 7) is 4.21. The molecule has 2 saturated heterocycles. The molecule has 2 fully saturated rings. The number of halogens is 2. The van der Waals surface area contributed by atoms with Crippen LogP contribution < -0.4 is 10.9 Å². The summed E-state index contributed by atoms with van der Waals surface area (Å²) in [5.74, 6) is -3.64. The Kier molecular flexibility index (Phi) is 9.00. The Balaban J connectivity index is 1.44. The van der Waals surface area contributed by atoms with Crippen LogP contribution in [0.15, 0.2) is 53.6 Å². The SMILES string of the molecule is C[C@H]1Nc2ncnc3c2cc(C2(C#N)CCS(=O)(=O)CC2)c(=O)n3CCCC/C=C/CN2CCC(CC2)C(F)(F)c2cccc1c2. The number of pyridine rings is 1. The molecule has 0 unspecified atom stereocenters. The number of alkyl halides is 2. The van der Waals surface area contributed by atoms with E-state index in [2.05, 4.69) is 38.4 Å². The molecule has 2 aromatic heterocycles. The van der Waals surface area contributed by atoms with Gasteiger partial charge in [0.25, 0.3) is 11.5 Å². The van der Waals surface area contributed by atoms with Gasteiger partial charge in [-0.3, -0.25) is 14.3 Å². The fourth-order valence-electron chi connectivity index (χ4n) is 7.07. The molecule has 46 heavy (non-hydrogen) atoms. The number of sulfone groups is 1. The zero-order valence-electron chi connectivity index (χ0n) is 26.1. The number of nitrogens with one attached hydrogen (secondary N) is 1. The monoisotopic (exact) mass is 650 g/mol. The predicted octanol–water partition coefficient (Wildman–Crippen LogP) is 5.48. The number of rotatable bonds is 1. The van der Waals surface area contributed by atoms with E-state index < -0.39 is 33.1 Å². The van der Waals surface area contributed by atoms with E-state index in [9.17, 15) is 18.5 Å². The molecule has 0 amide bonds. The summed E-state index contributed by atoms with van der Waals surface area (Å²) in [6, 6.07) is 10.0. The Morgan fingerprint density at radius 1 is 1.04 bits per heavy atom. The Labute approximate surface area is 268 Å². The smallest absolute Gasteiger partial charge is 0.276 e. The topological polar surface area (TPSA) is 121 Å². The molecule has 0 radical (unpaired) electrons. The van der Waals surface area contributed by atoms with Gasteiger partial charge in [-0.1, -0.05) is 30.4 Å². The summed E-state index contributed by atoms with van der Waals surface area (Å²) in [6.07, 6.45) is 8.79. The number of allylic oxidation sites excluding steroid dienone is 1. The first kappa shape index (κ1) is 32.3. The molecule has 4 aliphatic heterocycles. The van der Waals surface area contributed by atoms with Crippen molar-refractivity contribution in [3.05, 3.63) is 75.9 Å². The van der Waals surface area contributed by atoms with Gasteiger partial charge < -0.3 is 5.32 Å². The van der Waals surface area contributed by atoms with Crippen LogP contribution in [0.4, 0.5) is 14.6 Å². The number of nitrogens with zero attached hydrogens (tertiary/aromatic N) is 5. The molecule has 0 spiro atoms. The molecule has 4 aliphatic rings. The molecule has 7 rings (SSSR count). The fourth-order valence-corrected chi connectivity index (χ4v) is 8.59. The van der Waals surface area contributed by atoms with Crippen LogP contribution in [0.1, 0.15) is 74.6 Å². The van der Waals surface area contributed by atoms with Crippen molar-refractivity contribution in [3.8, 4) is 6.07 Å². The van der Waals surface area contributed by atoms with Crippen molar-refractivity contribution >= 4 is 26.7 Å². The number of nitriles is 1. The lowest BCUT2D eigenvalue weighted by Gasteiger charge is -2.35. The third-order valence-electron chi connectivity index (χ3n) is 10.0. The molecule has 8 bridgehead atoms. The first-order valence-corrected chi connectivity index (χ1v) is 18.0. The van der Waals surface area contributed by atoms with Crippen LogP contribution >= 0.6 is 0 Å². The van der Waals surface area contributed by atoms with E-state index in [4.69, 9.17) is 0 Å². The van der Waals surface area contributed by atoms with Crippen LogP contribution in [0.3, 0.4) is 0 Å². The van der Waals surface area contributed by atoms with Gasteiger partial charge in [0, 0.05) is 36.2 Å². The molecule has 1 atom stereocenters. The van der Waals surface area contributed by atoms with Gasteiger partial charge in [-0.15, -0.1) is 0 Å². The number of fused-ring (bicyclic) bond motifs is 8. The van der Waals surface area contributed by atoms with E-state index in [1.54, 1.807) is 28.8 Å². The van der Waals surface area contributed by atoms with Crippen LogP contribution in [0.5, 0.6) is 0 Å². The van der Waals surface area contributed by atoms with Gasteiger partial charge >= 0.3 is 0 Å². The Morgan fingerprint density at radius 3 is 2.54 bits per heavy atom. The minimum atomic E-state index is -3.29. The second kappa shape index (κ2) is 12.8. The molecule has 12 heteroatoms. The predicted molar refractivity (Wildman–Crippen MR) is 174 cm³/mol. The van der Waals surface area contributed by atoms with Gasteiger partial charge in [0.15, 0.2) is 0 Å². The quantitative estimate of drug-likeness (QED) is 0.344. The minimum Gasteiger partial charge on any atom is -0.363 e. The average Bonchev–Trinajstić information content (AvgIpc) is 3.05. The van der Waals surface area contributed by atoms with Crippen molar-refractivity contribution in [1.29, 1.82) is 5.26 Å². The van der Waals surface area contributed by atoms with Crippen molar-refractivity contribution in [2.24, 2.45) is 5.92 Å². The fraction of sp³-hybridized carbons (Fsp3) is 0.529. The molecular formula is C34H40F2N6O3S. The van der Waals surface area contributed by atoms with Gasteiger partial charge in [0.2, 0.25) is 0 Å². The van der Waals surface area contributed by atoms with Gasteiger partial charge in [-0.2, -0.15) is 5.26 Å². The maximum atomic E-state index is 15.9. The number of aromatic nitrogens is 3. The minimum absolute atomic E-state index is 0.00484. The largest absolute Gasteiger partial charge is 0.363 e. The van der Waals surface area contributed by atoms with Gasteiger partial charge in [-0.05, 0) is 82.7 Å². The zero-order valence-corrected chi connectivity index (χ0v) is 26.9. The molecule has 0 saturated carbocycles. The van der Waals surface area contributed by atoms with Crippen molar-refractivity contribution in [2.45, 2.75) is 75.8 Å². The molecule has 244 valence electrons. The molecule has 6 heterocycles. The number of anilines is 1.